The Morgan fingerprint density at radius 2 is 1.62 bits per heavy atom. The number of amides is 1. The zero-order chi connectivity index (χ0) is 19.7. The molecule has 8 heteroatoms. The van der Waals surface area contributed by atoms with Crippen LogP contribution in [0.15, 0.2) is 24.3 Å². The summed E-state index contributed by atoms with van der Waals surface area (Å²) in [5.41, 5.74) is 2.32. The molecular formula is C18H25NO7. The summed E-state index contributed by atoms with van der Waals surface area (Å²) in [6.07, 6.45) is 0.803. The third kappa shape index (κ3) is 7.62. The first-order chi connectivity index (χ1) is 12.2. The molecule has 0 spiro atoms. The van der Waals surface area contributed by atoms with Crippen molar-refractivity contribution >= 4 is 17.8 Å². The van der Waals surface area contributed by atoms with Gasteiger partial charge in [-0.1, -0.05) is 42.7 Å². The number of rotatable bonds is 6. The molecule has 2 atom stereocenters. The minimum absolute atomic E-state index is 0.164. The standard InChI is InChI=1S/C14H19NO.C4H6O6/c1-11-5-4-6-12(9-11)10-14(16)15-13-7-2-3-8-13;5-1(3(7)8)2(6)4(9)10/h4-6,9,13H,2-3,7-8,10H2,1H3,(H,15,16);1-2,5-6H,(H,7,8)(H,9,10). The first kappa shape index (κ1) is 21.6. The molecule has 144 valence electrons. The van der Waals surface area contributed by atoms with Crippen LogP contribution in [0.25, 0.3) is 0 Å². The van der Waals surface area contributed by atoms with Crippen LogP contribution >= 0.6 is 0 Å². The number of nitrogens with one attached hydrogen (secondary N) is 1. The fourth-order valence-corrected chi connectivity index (χ4v) is 2.63. The lowest BCUT2D eigenvalue weighted by molar-refractivity contribution is -0.165. The van der Waals surface area contributed by atoms with Crippen molar-refractivity contribution in [3.05, 3.63) is 35.4 Å². The van der Waals surface area contributed by atoms with E-state index in [1.54, 1.807) is 0 Å². The average Bonchev–Trinajstić information content (AvgIpc) is 3.06. The second-order valence-electron chi connectivity index (χ2n) is 6.28. The predicted octanol–water partition coefficient (Wildman–Crippen LogP) is 0.474. The normalized spacial score (nSPS) is 16.1. The highest BCUT2D eigenvalue weighted by Gasteiger charge is 2.29. The Labute approximate surface area is 151 Å². The number of aliphatic carboxylic acids is 2. The third-order valence-electron chi connectivity index (χ3n) is 3.97. The fraction of sp³-hybridized carbons (Fsp3) is 0.500. The molecule has 0 aliphatic heterocycles. The van der Waals surface area contributed by atoms with Crippen LogP contribution in [0, 0.1) is 6.92 Å². The largest absolute Gasteiger partial charge is 0.479 e. The van der Waals surface area contributed by atoms with Crippen molar-refractivity contribution in [2.24, 2.45) is 0 Å². The molecule has 2 unspecified atom stereocenters. The Morgan fingerprint density at radius 1 is 1.08 bits per heavy atom. The first-order valence-electron chi connectivity index (χ1n) is 8.37. The van der Waals surface area contributed by atoms with Gasteiger partial charge in [-0.2, -0.15) is 0 Å². The number of aryl methyl sites for hydroxylation is 1. The number of aliphatic hydroxyl groups excluding tert-OH is 2. The van der Waals surface area contributed by atoms with Gasteiger partial charge in [0.1, 0.15) is 0 Å². The molecule has 26 heavy (non-hydrogen) atoms. The highest BCUT2D eigenvalue weighted by atomic mass is 16.4. The van der Waals surface area contributed by atoms with Crippen LogP contribution in [0.3, 0.4) is 0 Å². The number of hydrogen-bond acceptors (Lipinski definition) is 5. The van der Waals surface area contributed by atoms with Gasteiger partial charge in [0.15, 0.2) is 12.2 Å². The summed E-state index contributed by atoms with van der Waals surface area (Å²) in [6, 6.07) is 8.58. The van der Waals surface area contributed by atoms with Crippen LogP contribution in [0.5, 0.6) is 0 Å². The minimum atomic E-state index is -2.27. The topological polar surface area (TPSA) is 144 Å². The van der Waals surface area contributed by atoms with Crippen molar-refractivity contribution < 1.29 is 34.8 Å². The van der Waals surface area contributed by atoms with E-state index >= 15 is 0 Å². The summed E-state index contributed by atoms with van der Waals surface area (Å²) < 4.78 is 0. The number of carboxylic acid groups (broad SMARTS) is 2. The summed E-state index contributed by atoms with van der Waals surface area (Å²) in [5, 5.41) is 35.6. The van der Waals surface area contributed by atoms with Crippen LogP contribution in [0.1, 0.15) is 36.8 Å². The molecule has 0 radical (unpaired) electrons. The molecule has 1 aromatic rings. The molecule has 5 N–H and O–H groups in total. The van der Waals surface area contributed by atoms with Crippen molar-refractivity contribution in [1.29, 1.82) is 0 Å². The fourth-order valence-electron chi connectivity index (χ4n) is 2.63. The summed E-state index contributed by atoms with van der Waals surface area (Å²) in [4.78, 5) is 31.3. The maximum Gasteiger partial charge on any atom is 0.335 e. The number of carbonyl (C=O) groups is 3. The van der Waals surface area contributed by atoms with Crippen molar-refractivity contribution in [2.45, 2.75) is 57.3 Å². The average molecular weight is 367 g/mol. The van der Waals surface area contributed by atoms with Gasteiger partial charge in [-0.05, 0) is 25.3 Å². The number of benzene rings is 1. The van der Waals surface area contributed by atoms with E-state index in [1.807, 2.05) is 12.1 Å². The molecule has 0 saturated heterocycles. The molecule has 1 amide bonds. The van der Waals surface area contributed by atoms with E-state index in [2.05, 4.69) is 24.4 Å². The second kappa shape index (κ2) is 10.5. The molecular weight excluding hydrogens is 342 g/mol. The maximum absolute atomic E-state index is 11.8. The van der Waals surface area contributed by atoms with Gasteiger partial charge in [0.2, 0.25) is 5.91 Å². The molecule has 8 nitrogen and oxygen atoms in total. The Kier molecular flexibility index (Phi) is 8.74. The van der Waals surface area contributed by atoms with Crippen molar-refractivity contribution in [3.63, 3.8) is 0 Å². The molecule has 0 bridgehead atoms. The summed E-state index contributed by atoms with van der Waals surface area (Å²) >= 11 is 0. The van der Waals surface area contributed by atoms with Gasteiger partial charge < -0.3 is 25.7 Å². The smallest absolute Gasteiger partial charge is 0.335 e. The van der Waals surface area contributed by atoms with Gasteiger partial charge in [-0.25, -0.2) is 9.59 Å². The molecule has 1 saturated carbocycles. The molecule has 2 rings (SSSR count). The molecule has 0 heterocycles. The monoisotopic (exact) mass is 367 g/mol. The molecule has 1 aliphatic carbocycles. The number of carboxylic acids is 2. The van der Waals surface area contributed by atoms with Gasteiger partial charge in [0, 0.05) is 6.04 Å². The molecule has 0 aromatic heterocycles. The quantitative estimate of drug-likeness (QED) is 0.491. The van der Waals surface area contributed by atoms with E-state index < -0.39 is 24.1 Å². The molecule has 1 fully saturated rings. The summed E-state index contributed by atoms with van der Waals surface area (Å²) in [5.74, 6) is -3.37. The Balaban J connectivity index is 0.000000294. The van der Waals surface area contributed by atoms with Crippen LogP contribution in [-0.2, 0) is 20.8 Å². The SMILES string of the molecule is Cc1cccc(CC(=O)NC2CCCC2)c1.O=C(O)C(O)C(O)C(=O)O. The van der Waals surface area contributed by atoms with E-state index in [1.165, 1.54) is 18.4 Å². The summed E-state index contributed by atoms with van der Waals surface area (Å²) in [7, 11) is 0. The predicted molar refractivity (Wildman–Crippen MR) is 92.6 cm³/mol. The van der Waals surface area contributed by atoms with E-state index in [-0.39, 0.29) is 5.91 Å². The van der Waals surface area contributed by atoms with Gasteiger partial charge in [-0.3, -0.25) is 4.79 Å². The van der Waals surface area contributed by atoms with Crippen molar-refractivity contribution in [1.82, 2.24) is 5.32 Å². The number of hydrogen-bond donors (Lipinski definition) is 5. The zero-order valence-electron chi connectivity index (χ0n) is 14.6. The lowest BCUT2D eigenvalue weighted by Gasteiger charge is -2.11. The maximum atomic E-state index is 11.8. The lowest BCUT2D eigenvalue weighted by atomic mass is 10.1. The van der Waals surface area contributed by atoms with E-state index in [0.29, 0.717) is 12.5 Å². The molecule has 1 aromatic carbocycles. The van der Waals surface area contributed by atoms with E-state index in [9.17, 15) is 14.4 Å². The van der Waals surface area contributed by atoms with Crippen molar-refractivity contribution in [3.8, 4) is 0 Å². The van der Waals surface area contributed by atoms with E-state index in [4.69, 9.17) is 20.4 Å². The second-order valence-corrected chi connectivity index (χ2v) is 6.28. The minimum Gasteiger partial charge on any atom is -0.479 e. The lowest BCUT2D eigenvalue weighted by Crippen LogP contribution is -2.39. The third-order valence-corrected chi connectivity index (χ3v) is 3.97. The van der Waals surface area contributed by atoms with Crippen LogP contribution < -0.4 is 5.32 Å². The zero-order valence-corrected chi connectivity index (χ0v) is 14.6. The van der Waals surface area contributed by atoms with Gasteiger partial charge in [0.25, 0.3) is 0 Å². The Bertz CT molecular complexity index is 608. The van der Waals surface area contributed by atoms with Gasteiger partial charge in [-0.15, -0.1) is 0 Å². The van der Waals surface area contributed by atoms with Gasteiger partial charge >= 0.3 is 11.9 Å². The highest BCUT2D eigenvalue weighted by molar-refractivity contribution is 5.83. The number of aliphatic hydroxyl groups is 2. The van der Waals surface area contributed by atoms with Crippen LogP contribution in [-0.4, -0.2) is 56.5 Å². The Hall–Kier alpha value is -2.45. The highest BCUT2D eigenvalue weighted by Crippen LogP contribution is 2.17. The van der Waals surface area contributed by atoms with Crippen molar-refractivity contribution in [2.75, 3.05) is 0 Å². The van der Waals surface area contributed by atoms with E-state index in [0.717, 1.165) is 18.4 Å². The summed E-state index contributed by atoms with van der Waals surface area (Å²) in [6.45, 7) is 2.05. The van der Waals surface area contributed by atoms with Crippen LogP contribution in [0.2, 0.25) is 0 Å². The van der Waals surface area contributed by atoms with Crippen LogP contribution in [0.4, 0.5) is 0 Å². The first-order valence-corrected chi connectivity index (χ1v) is 8.37. The molecule has 1 aliphatic rings. The number of carbonyl (C=O) groups excluding carboxylic acids is 1. The Morgan fingerprint density at radius 3 is 2.08 bits per heavy atom. The van der Waals surface area contributed by atoms with Gasteiger partial charge in [0.05, 0.1) is 6.42 Å².